The van der Waals surface area contributed by atoms with E-state index >= 15 is 0 Å². The maximum atomic E-state index is 12.2. The number of amides is 1. The van der Waals surface area contributed by atoms with Gasteiger partial charge in [-0.25, -0.2) is 4.98 Å². The average molecular weight is 340 g/mol. The second-order valence-electron chi connectivity index (χ2n) is 6.98. The second kappa shape index (κ2) is 6.52. The molecule has 3 heterocycles. The molecule has 1 saturated heterocycles. The lowest BCUT2D eigenvalue weighted by Gasteiger charge is -2.41. The average Bonchev–Trinajstić information content (AvgIpc) is 3.04. The maximum Gasteiger partial charge on any atom is 0.223 e. The molecule has 25 heavy (non-hydrogen) atoms. The van der Waals surface area contributed by atoms with Gasteiger partial charge in [0.05, 0.1) is 0 Å². The van der Waals surface area contributed by atoms with Gasteiger partial charge < -0.3 is 19.5 Å². The first-order chi connectivity index (χ1) is 12.1. The molecule has 0 bridgehead atoms. The molecule has 1 aromatic heterocycles. The van der Waals surface area contributed by atoms with Crippen LogP contribution in [0.5, 0.6) is 5.75 Å². The van der Waals surface area contributed by atoms with E-state index in [0.29, 0.717) is 13.0 Å². The number of carbonyl (C=O) groups is 1. The number of hydrogen-bond donors (Lipinski definition) is 1. The second-order valence-corrected chi connectivity index (χ2v) is 6.98. The number of aromatic nitrogens is 2. The zero-order chi connectivity index (χ0) is 17.4. The Morgan fingerprint density at radius 1 is 1.28 bits per heavy atom. The predicted molar refractivity (Wildman–Crippen MR) is 94.3 cm³/mol. The third-order valence-corrected chi connectivity index (χ3v) is 5.31. The van der Waals surface area contributed by atoms with E-state index in [4.69, 9.17) is 4.74 Å². The smallest absolute Gasteiger partial charge is 0.223 e. The minimum absolute atomic E-state index is 0.0570. The van der Waals surface area contributed by atoms with E-state index in [1.165, 1.54) is 5.56 Å². The monoisotopic (exact) mass is 340 g/mol. The summed E-state index contributed by atoms with van der Waals surface area (Å²) in [7, 11) is 3.86. The molecule has 3 atom stereocenters. The van der Waals surface area contributed by atoms with Crippen molar-refractivity contribution in [2.75, 3.05) is 13.7 Å². The predicted octanol–water partition coefficient (Wildman–Crippen LogP) is 1.68. The molecule has 1 fully saturated rings. The Hall–Kier alpha value is -2.34. The number of para-hydroxylation sites is 1. The Bertz CT molecular complexity index is 772. The van der Waals surface area contributed by atoms with Crippen LogP contribution in [0.15, 0.2) is 36.7 Å². The van der Waals surface area contributed by atoms with Crippen LogP contribution in [0.4, 0.5) is 0 Å². The van der Waals surface area contributed by atoms with Crippen LogP contribution >= 0.6 is 0 Å². The molecule has 2 aliphatic rings. The van der Waals surface area contributed by atoms with Crippen molar-refractivity contribution in [3.05, 3.63) is 48.0 Å². The summed E-state index contributed by atoms with van der Waals surface area (Å²) < 4.78 is 7.91. The molecule has 1 amide bonds. The summed E-state index contributed by atoms with van der Waals surface area (Å²) in [5.74, 6) is 2.08. The number of imidazole rings is 1. The van der Waals surface area contributed by atoms with Crippen LogP contribution in [0, 0.1) is 0 Å². The zero-order valence-electron chi connectivity index (χ0n) is 14.7. The summed E-state index contributed by atoms with van der Waals surface area (Å²) in [6.07, 6.45) is 6.05. The summed E-state index contributed by atoms with van der Waals surface area (Å²) >= 11 is 0. The number of piperidine rings is 1. The van der Waals surface area contributed by atoms with E-state index in [1.54, 1.807) is 6.20 Å². The molecule has 0 radical (unpaired) electrons. The molecule has 2 aromatic rings. The highest BCUT2D eigenvalue weighted by Crippen LogP contribution is 2.31. The van der Waals surface area contributed by atoms with Crippen LogP contribution in [-0.2, 0) is 18.3 Å². The van der Waals surface area contributed by atoms with Crippen molar-refractivity contribution in [3.63, 3.8) is 0 Å². The van der Waals surface area contributed by atoms with Gasteiger partial charge in [0.1, 0.15) is 24.2 Å². The molecule has 1 aromatic carbocycles. The van der Waals surface area contributed by atoms with Crippen molar-refractivity contribution in [1.82, 2.24) is 19.8 Å². The van der Waals surface area contributed by atoms with Gasteiger partial charge in [-0.3, -0.25) is 4.79 Å². The van der Waals surface area contributed by atoms with E-state index in [1.807, 2.05) is 48.0 Å². The number of likely N-dealkylation sites (tertiary alicyclic amines) is 1. The normalized spacial score (nSPS) is 26.2. The van der Waals surface area contributed by atoms with E-state index in [9.17, 15) is 4.79 Å². The summed E-state index contributed by atoms with van der Waals surface area (Å²) in [4.78, 5) is 18.6. The summed E-state index contributed by atoms with van der Waals surface area (Å²) in [5.41, 5.74) is 1.24. The van der Waals surface area contributed by atoms with Gasteiger partial charge in [0.15, 0.2) is 0 Å². The fraction of sp³-hybridized carbons (Fsp3) is 0.474. The van der Waals surface area contributed by atoms with Crippen LogP contribution in [0.1, 0.15) is 30.3 Å². The molecule has 1 N–H and O–H groups in total. The fourth-order valence-electron chi connectivity index (χ4n) is 3.97. The van der Waals surface area contributed by atoms with E-state index in [2.05, 4.69) is 16.4 Å². The summed E-state index contributed by atoms with van der Waals surface area (Å²) in [6, 6.07) is 8.55. The Balaban J connectivity index is 1.54. The van der Waals surface area contributed by atoms with Crippen molar-refractivity contribution in [1.29, 1.82) is 0 Å². The number of aryl methyl sites for hydroxylation is 1. The topological polar surface area (TPSA) is 59.4 Å². The molecule has 0 spiro atoms. The first-order valence-corrected chi connectivity index (χ1v) is 8.83. The zero-order valence-corrected chi connectivity index (χ0v) is 14.7. The highest BCUT2D eigenvalue weighted by atomic mass is 16.5. The number of benzene rings is 1. The Kier molecular flexibility index (Phi) is 4.21. The van der Waals surface area contributed by atoms with Crippen LogP contribution in [-0.4, -0.2) is 46.1 Å². The van der Waals surface area contributed by atoms with Gasteiger partial charge in [0.2, 0.25) is 5.91 Å². The molecule has 2 aliphatic heterocycles. The minimum Gasteiger partial charge on any atom is -0.492 e. The van der Waals surface area contributed by atoms with Crippen molar-refractivity contribution in [2.24, 2.45) is 7.05 Å². The highest BCUT2D eigenvalue weighted by Gasteiger charge is 2.38. The molecule has 6 heteroatoms. The molecule has 1 unspecified atom stereocenters. The lowest BCUT2D eigenvalue weighted by atomic mass is 9.93. The Morgan fingerprint density at radius 2 is 2.12 bits per heavy atom. The fourth-order valence-corrected chi connectivity index (χ4v) is 3.97. The number of ether oxygens (including phenoxy) is 1. The van der Waals surface area contributed by atoms with Gasteiger partial charge in [0, 0.05) is 45.0 Å². The number of nitrogens with zero attached hydrogens (tertiary/aromatic N) is 3. The SMILES string of the molecule is CN1C(=O)CC[C@@H](NC2COc3ccccc3C2)[C@@H]1c1nccn1C. The lowest BCUT2D eigenvalue weighted by molar-refractivity contribution is -0.136. The third-order valence-electron chi connectivity index (χ3n) is 5.31. The molecule has 4 rings (SSSR count). The molecule has 0 saturated carbocycles. The number of hydrogen-bond acceptors (Lipinski definition) is 4. The third kappa shape index (κ3) is 3.02. The van der Waals surface area contributed by atoms with Crippen LogP contribution in [0.25, 0.3) is 0 Å². The molecule has 6 nitrogen and oxygen atoms in total. The van der Waals surface area contributed by atoms with E-state index in [0.717, 1.165) is 24.4 Å². The molecule has 0 aliphatic carbocycles. The van der Waals surface area contributed by atoms with E-state index in [-0.39, 0.29) is 24.0 Å². The number of rotatable bonds is 3. The van der Waals surface area contributed by atoms with Gasteiger partial charge >= 0.3 is 0 Å². The standard InChI is InChI=1S/C19H24N4O2/c1-22-10-9-20-19(22)18-15(7-8-17(24)23(18)2)21-14-11-13-5-3-4-6-16(13)25-12-14/h3-6,9-10,14-15,18,21H,7-8,11-12H2,1-2H3/t14?,15-,18-/m1/s1. The number of fused-ring (bicyclic) bond motifs is 1. The maximum absolute atomic E-state index is 12.2. The first kappa shape index (κ1) is 16.1. The van der Waals surface area contributed by atoms with Crippen molar-refractivity contribution >= 4 is 5.91 Å². The molecule has 132 valence electrons. The lowest BCUT2D eigenvalue weighted by Crippen LogP contribution is -2.54. The van der Waals surface area contributed by atoms with Crippen LogP contribution in [0.3, 0.4) is 0 Å². The minimum atomic E-state index is -0.0570. The van der Waals surface area contributed by atoms with E-state index < -0.39 is 0 Å². The number of carbonyl (C=O) groups excluding carboxylic acids is 1. The molecular formula is C19H24N4O2. The largest absolute Gasteiger partial charge is 0.492 e. The molecular weight excluding hydrogens is 316 g/mol. The van der Waals surface area contributed by atoms with Crippen LogP contribution in [0.2, 0.25) is 0 Å². The van der Waals surface area contributed by atoms with Crippen molar-refractivity contribution in [3.8, 4) is 5.75 Å². The van der Waals surface area contributed by atoms with Crippen molar-refractivity contribution in [2.45, 2.75) is 37.4 Å². The quantitative estimate of drug-likeness (QED) is 0.923. The summed E-state index contributed by atoms with van der Waals surface area (Å²) in [6.45, 7) is 0.651. The number of nitrogens with one attached hydrogen (secondary N) is 1. The van der Waals surface area contributed by atoms with Crippen LogP contribution < -0.4 is 10.1 Å². The van der Waals surface area contributed by atoms with Gasteiger partial charge in [-0.05, 0) is 24.5 Å². The number of likely N-dealkylation sites (N-methyl/N-ethyl adjacent to an activating group) is 1. The van der Waals surface area contributed by atoms with Gasteiger partial charge in [-0.2, -0.15) is 0 Å². The summed E-state index contributed by atoms with van der Waals surface area (Å²) in [5, 5.41) is 3.74. The first-order valence-electron chi connectivity index (χ1n) is 8.83. The Morgan fingerprint density at radius 3 is 2.92 bits per heavy atom. The highest BCUT2D eigenvalue weighted by molar-refractivity contribution is 5.77. The van der Waals surface area contributed by atoms with Gasteiger partial charge in [-0.1, -0.05) is 18.2 Å². The Labute approximate surface area is 147 Å². The van der Waals surface area contributed by atoms with Crippen molar-refractivity contribution < 1.29 is 9.53 Å². The van der Waals surface area contributed by atoms with Gasteiger partial charge in [-0.15, -0.1) is 0 Å². The van der Waals surface area contributed by atoms with Gasteiger partial charge in [0.25, 0.3) is 0 Å².